The third kappa shape index (κ3) is 2.13. The summed E-state index contributed by atoms with van der Waals surface area (Å²) in [6.45, 7) is 1.52. The van der Waals surface area contributed by atoms with E-state index in [4.69, 9.17) is 0 Å². The summed E-state index contributed by atoms with van der Waals surface area (Å²) in [5.41, 5.74) is 1.76. The Hall–Kier alpha value is -2.74. The number of hydrogen-bond donors (Lipinski definition) is 1. The molecule has 0 saturated carbocycles. The van der Waals surface area contributed by atoms with Crippen LogP contribution in [0.1, 0.15) is 32.6 Å². The van der Waals surface area contributed by atoms with Gasteiger partial charge in [0.2, 0.25) is 5.78 Å². The first-order valence-corrected chi connectivity index (χ1v) is 7.24. The van der Waals surface area contributed by atoms with Crippen molar-refractivity contribution >= 4 is 28.7 Å². The van der Waals surface area contributed by atoms with E-state index in [2.05, 4.69) is 4.98 Å². The van der Waals surface area contributed by atoms with Crippen LogP contribution in [-0.2, 0) is 6.54 Å². The molecule has 1 N–H and O–H groups in total. The Morgan fingerprint density at radius 3 is 2.86 bits per heavy atom. The maximum absolute atomic E-state index is 11.8. The molecule has 0 spiro atoms. The lowest BCUT2D eigenvalue weighted by atomic mass is 10.2. The molecule has 22 heavy (non-hydrogen) atoms. The molecule has 0 aromatic carbocycles. The molecule has 7 nitrogen and oxygen atoms in total. The second-order valence-corrected chi connectivity index (χ2v) is 5.66. The van der Waals surface area contributed by atoms with Gasteiger partial charge in [0.25, 0.3) is 11.3 Å². The zero-order chi connectivity index (χ0) is 15.9. The van der Waals surface area contributed by atoms with Crippen LogP contribution >= 0.6 is 11.3 Å². The van der Waals surface area contributed by atoms with Gasteiger partial charge in [-0.25, -0.2) is 0 Å². The van der Waals surface area contributed by atoms with Crippen molar-refractivity contribution in [2.75, 3.05) is 0 Å². The van der Waals surface area contributed by atoms with Gasteiger partial charge in [0.05, 0.1) is 28.1 Å². The molecule has 112 valence electrons. The standard InChI is InChI=1S/C14H11N3O4S/c1-8(18)11-13(19)17(6-9-5-15-7-22-9)12-10(14(20)21)3-2-4-16(11)12/h2-5,7H,6H2,1H3,(H-,18,19,20,21). The minimum atomic E-state index is -1.38. The first-order chi connectivity index (χ1) is 10.5. The number of aromatic hydroxyl groups is 1. The first kappa shape index (κ1) is 14.2. The highest BCUT2D eigenvalue weighted by Gasteiger charge is 2.31. The topological polar surface area (TPSA) is 99.3 Å². The van der Waals surface area contributed by atoms with E-state index < -0.39 is 5.97 Å². The predicted octanol–water partition coefficient (Wildman–Crippen LogP) is 0.00330. The number of carbonyl (C=O) groups excluding carboxylic acids is 2. The Morgan fingerprint density at radius 1 is 1.50 bits per heavy atom. The summed E-state index contributed by atoms with van der Waals surface area (Å²) in [6.07, 6.45) is 3.15. The summed E-state index contributed by atoms with van der Waals surface area (Å²) in [5, 5.41) is 21.7. The van der Waals surface area contributed by atoms with Gasteiger partial charge in [-0.05, 0) is 12.1 Å². The summed E-state index contributed by atoms with van der Waals surface area (Å²) < 4.78 is 2.74. The Kier molecular flexibility index (Phi) is 3.38. The minimum absolute atomic E-state index is 0.0302. The number of ketones is 1. The zero-order valence-electron chi connectivity index (χ0n) is 11.5. The van der Waals surface area contributed by atoms with Gasteiger partial charge in [-0.1, -0.05) is 0 Å². The van der Waals surface area contributed by atoms with Crippen LogP contribution in [-0.4, -0.2) is 26.4 Å². The number of fused-ring (bicyclic) bond motifs is 1. The van der Waals surface area contributed by atoms with Crippen molar-refractivity contribution in [1.29, 1.82) is 0 Å². The Morgan fingerprint density at radius 2 is 2.27 bits per heavy atom. The number of rotatable bonds is 4. The van der Waals surface area contributed by atoms with Gasteiger partial charge in [-0.3, -0.25) is 9.78 Å². The van der Waals surface area contributed by atoms with E-state index in [1.165, 1.54) is 45.6 Å². The van der Waals surface area contributed by atoms with Gasteiger partial charge in [-0.2, -0.15) is 8.97 Å². The van der Waals surface area contributed by atoms with Crippen LogP contribution in [0.4, 0.5) is 0 Å². The van der Waals surface area contributed by atoms with Crippen LogP contribution in [0.15, 0.2) is 30.0 Å². The fraction of sp³-hybridized carbons (Fsp3) is 0.143. The fourth-order valence-electron chi connectivity index (χ4n) is 2.40. The molecule has 0 radical (unpaired) electrons. The molecule has 0 amide bonds. The van der Waals surface area contributed by atoms with Crippen molar-refractivity contribution in [3.05, 3.63) is 46.2 Å². The van der Waals surface area contributed by atoms with E-state index in [1.54, 1.807) is 11.7 Å². The van der Waals surface area contributed by atoms with E-state index in [1.807, 2.05) is 0 Å². The summed E-state index contributed by atoms with van der Waals surface area (Å²) in [6, 6.07) is 2.86. The number of nitrogens with zero attached hydrogens (tertiary/aromatic N) is 3. The van der Waals surface area contributed by atoms with Crippen LogP contribution in [0.25, 0.3) is 5.65 Å². The number of hydrogen-bond acceptors (Lipinski definition) is 6. The molecule has 3 rings (SSSR count). The van der Waals surface area contributed by atoms with E-state index >= 15 is 0 Å². The average Bonchev–Trinajstić information content (AvgIpc) is 3.06. The molecular weight excluding hydrogens is 306 g/mol. The molecule has 0 aliphatic rings. The number of carboxylic acid groups (broad SMARTS) is 1. The number of carbonyl (C=O) groups is 2. The Labute approximate surface area is 128 Å². The molecule has 0 aliphatic heterocycles. The van der Waals surface area contributed by atoms with E-state index in [-0.39, 0.29) is 35.1 Å². The van der Waals surface area contributed by atoms with Gasteiger partial charge in [0.15, 0.2) is 0 Å². The lowest BCUT2D eigenvalue weighted by Crippen LogP contribution is -2.32. The van der Waals surface area contributed by atoms with Crippen LogP contribution in [0.5, 0.6) is 5.88 Å². The molecule has 0 aliphatic carbocycles. The summed E-state index contributed by atoms with van der Waals surface area (Å²) in [4.78, 5) is 27.9. The molecule has 3 heterocycles. The van der Waals surface area contributed by atoms with Crippen molar-refractivity contribution in [3.63, 3.8) is 0 Å². The summed E-state index contributed by atoms with van der Waals surface area (Å²) in [7, 11) is 0. The maximum Gasteiger partial charge on any atom is 0.335 e. The van der Waals surface area contributed by atoms with Crippen molar-refractivity contribution in [2.45, 2.75) is 13.5 Å². The van der Waals surface area contributed by atoms with Crippen molar-refractivity contribution < 1.29 is 24.2 Å². The largest absolute Gasteiger partial charge is 0.544 e. The second-order valence-electron chi connectivity index (χ2n) is 4.69. The molecule has 0 bridgehead atoms. The molecular formula is C14H11N3O4S. The van der Waals surface area contributed by atoms with Crippen LogP contribution in [0.3, 0.4) is 0 Å². The quantitative estimate of drug-likeness (QED) is 0.539. The highest BCUT2D eigenvalue weighted by Crippen LogP contribution is 2.23. The summed E-state index contributed by atoms with van der Waals surface area (Å²) in [5.74, 6) is -2.03. The fourth-order valence-corrected chi connectivity index (χ4v) is 2.99. The number of thiazole rings is 1. The van der Waals surface area contributed by atoms with Gasteiger partial charge in [0.1, 0.15) is 6.54 Å². The van der Waals surface area contributed by atoms with E-state index in [0.717, 1.165) is 4.88 Å². The zero-order valence-corrected chi connectivity index (χ0v) is 12.3. The molecule has 3 aromatic rings. The normalized spacial score (nSPS) is 11.0. The van der Waals surface area contributed by atoms with Crippen LogP contribution in [0.2, 0.25) is 0 Å². The smallest absolute Gasteiger partial charge is 0.335 e. The molecule has 8 heteroatoms. The lowest BCUT2D eigenvalue weighted by Gasteiger charge is -2.03. The summed E-state index contributed by atoms with van der Waals surface area (Å²) >= 11 is 1.37. The minimum Gasteiger partial charge on any atom is -0.544 e. The van der Waals surface area contributed by atoms with Crippen molar-refractivity contribution in [3.8, 4) is 5.88 Å². The highest BCUT2D eigenvalue weighted by molar-refractivity contribution is 7.09. The van der Waals surface area contributed by atoms with Crippen molar-refractivity contribution in [1.82, 2.24) is 9.55 Å². The third-order valence-corrected chi connectivity index (χ3v) is 4.05. The Balaban J connectivity index is 2.35. The number of imidazole rings is 1. The highest BCUT2D eigenvalue weighted by atomic mass is 32.1. The van der Waals surface area contributed by atoms with Crippen LogP contribution in [0, 0.1) is 0 Å². The molecule has 0 unspecified atom stereocenters. The number of aromatic nitrogens is 3. The monoisotopic (exact) mass is 317 g/mol. The van der Waals surface area contributed by atoms with Crippen LogP contribution < -0.4 is 9.51 Å². The number of aromatic carboxylic acids is 1. The number of carboxylic acids is 1. The average molecular weight is 317 g/mol. The van der Waals surface area contributed by atoms with Gasteiger partial charge < -0.3 is 15.0 Å². The molecule has 0 fully saturated rings. The predicted molar refractivity (Wildman–Crippen MR) is 74.8 cm³/mol. The molecule has 3 aromatic heterocycles. The van der Waals surface area contributed by atoms with E-state index in [9.17, 15) is 19.8 Å². The number of pyridine rings is 1. The lowest BCUT2D eigenvalue weighted by molar-refractivity contribution is -0.514. The SMILES string of the molecule is CC(=O)c1c(O)n(Cc2cncs2)c2c(C(=O)[O-])ccc[n+]12. The number of Topliss-reactive ketones (excluding diaryl/α,β-unsaturated/α-hetero) is 1. The van der Waals surface area contributed by atoms with Gasteiger partial charge in [0, 0.05) is 13.1 Å². The Bertz CT molecular complexity index is 883. The van der Waals surface area contributed by atoms with Gasteiger partial charge in [-0.15, -0.1) is 11.3 Å². The maximum atomic E-state index is 11.8. The van der Waals surface area contributed by atoms with Crippen molar-refractivity contribution in [2.24, 2.45) is 0 Å². The molecule has 0 atom stereocenters. The first-order valence-electron chi connectivity index (χ1n) is 6.36. The second kappa shape index (κ2) is 5.23. The molecule has 0 saturated heterocycles. The third-order valence-electron chi connectivity index (χ3n) is 3.28. The van der Waals surface area contributed by atoms with Gasteiger partial charge >= 0.3 is 5.88 Å². The van der Waals surface area contributed by atoms with E-state index in [0.29, 0.717) is 0 Å².